The molecule has 3 rings (SSSR count). The second-order valence-corrected chi connectivity index (χ2v) is 7.57. The van der Waals surface area contributed by atoms with Crippen LogP contribution in [0.5, 0.6) is 0 Å². The average molecular weight is 407 g/mol. The van der Waals surface area contributed by atoms with Crippen molar-refractivity contribution >= 4 is 0 Å². The maximum Gasteiger partial charge on any atom is 0.0940 e. The van der Waals surface area contributed by atoms with Gasteiger partial charge in [-0.1, -0.05) is 60.7 Å². The minimum atomic E-state index is -0.583. The molecular formula is C24H30N4O2. The van der Waals surface area contributed by atoms with Crippen LogP contribution >= 0.6 is 0 Å². The van der Waals surface area contributed by atoms with E-state index in [-0.39, 0.29) is 12.1 Å². The molecule has 0 saturated carbocycles. The Kier molecular flexibility index (Phi) is 8.04. The van der Waals surface area contributed by atoms with Gasteiger partial charge in [-0.2, -0.15) is 10.2 Å². The zero-order valence-electron chi connectivity index (χ0n) is 17.4. The van der Waals surface area contributed by atoms with E-state index in [1.54, 1.807) is 0 Å². The number of aliphatic hydroxyl groups is 2. The van der Waals surface area contributed by atoms with Gasteiger partial charge in [-0.15, -0.1) is 0 Å². The van der Waals surface area contributed by atoms with Crippen LogP contribution in [0.25, 0.3) is 0 Å². The SMILES string of the molecule is C[C@H](NCc1ccc(CN[C@@H](C)[C@H](O)c2ccccc2)nn1)[C@H](O)c1ccccc1. The Morgan fingerprint density at radius 1 is 0.633 bits per heavy atom. The molecule has 0 spiro atoms. The molecule has 0 saturated heterocycles. The summed E-state index contributed by atoms with van der Waals surface area (Å²) in [6.07, 6.45) is -1.17. The molecule has 0 bridgehead atoms. The second-order valence-electron chi connectivity index (χ2n) is 7.57. The van der Waals surface area contributed by atoms with E-state index in [0.29, 0.717) is 13.1 Å². The van der Waals surface area contributed by atoms with Gasteiger partial charge >= 0.3 is 0 Å². The summed E-state index contributed by atoms with van der Waals surface area (Å²) in [5.41, 5.74) is 3.39. The highest BCUT2D eigenvalue weighted by Crippen LogP contribution is 2.17. The van der Waals surface area contributed by atoms with E-state index in [1.165, 1.54) is 0 Å². The van der Waals surface area contributed by atoms with Gasteiger partial charge in [0.1, 0.15) is 0 Å². The summed E-state index contributed by atoms with van der Waals surface area (Å²) in [7, 11) is 0. The van der Waals surface area contributed by atoms with Gasteiger partial charge in [-0.05, 0) is 37.1 Å². The molecule has 4 N–H and O–H groups in total. The predicted molar refractivity (Wildman–Crippen MR) is 117 cm³/mol. The first-order valence-electron chi connectivity index (χ1n) is 10.3. The van der Waals surface area contributed by atoms with Crippen molar-refractivity contribution in [1.82, 2.24) is 20.8 Å². The van der Waals surface area contributed by atoms with Crippen LogP contribution in [0.1, 0.15) is 48.6 Å². The molecule has 0 radical (unpaired) electrons. The average Bonchev–Trinajstić information content (AvgIpc) is 2.81. The van der Waals surface area contributed by atoms with Crippen molar-refractivity contribution in [3.63, 3.8) is 0 Å². The second kappa shape index (κ2) is 10.9. The van der Waals surface area contributed by atoms with E-state index in [2.05, 4.69) is 20.8 Å². The largest absolute Gasteiger partial charge is 0.387 e. The quantitative estimate of drug-likeness (QED) is 0.414. The molecule has 2 aromatic carbocycles. The fraction of sp³-hybridized carbons (Fsp3) is 0.333. The van der Waals surface area contributed by atoms with Crippen LogP contribution in [0.2, 0.25) is 0 Å². The Morgan fingerprint density at radius 3 is 1.33 bits per heavy atom. The highest BCUT2D eigenvalue weighted by molar-refractivity contribution is 5.19. The normalized spacial score (nSPS) is 15.3. The van der Waals surface area contributed by atoms with Crippen molar-refractivity contribution in [2.75, 3.05) is 0 Å². The van der Waals surface area contributed by atoms with Crippen LogP contribution in [0.4, 0.5) is 0 Å². The van der Waals surface area contributed by atoms with Crippen LogP contribution in [-0.2, 0) is 13.1 Å². The number of aromatic nitrogens is 2. The lowest BCUT2D eigenvalue weighted by atomic mass is 10.0. The lowest BCUT2D eigenvalue weighted by molar-refractivity contribution is 0.134. The standard InChI is InChI=1S/C24H30N4O2/c1-17(23(29)19-9-5-3-6-10-19)25-15-21-13-14-22(28-27-21)16-26-18(2)24(30)20-11-7-4-8-12-20/h3-14,17-18,23-26,29-30H,15-16H2,1-2H3/t17-,18-,23-,24-/m0/s1. The maximum absolute atomic E-state index is 10.4. The Morgan fingerprint density at radius 2 is 1.00 bits per heavy atom. The Hall–Kier alpha value is -2.64. The zero-order chi connectivity index (χ0) is 21.3. The van der Waals surface area contributed by atoms with Crippen molar-refractivity contribution in [1.29, 1.82) is 0 Å². The molecule has 0 fully saturated rings. The first kappa shape index (κ1) is 22.1. The van der Waals surface area contributed by atoms with Gasteiger partial charge in [0, 0.05) is 25.2 Å². The molecule has 0 aliphatic rings. The first-order chi connectivity index (χ1) is 14.5. The number of benzene rings is 2. The minimum absolute atomic E-state index is 0.115. The fourth-order valence-electron chi connectivity index (χ4n) is 3.21. The molecule has 1 aromatic heterocycles. The molecule has 0 unspecified atom stereocenters. The summed E-state index contributed by atoms with van der Waals surface area (Å²) in [5.74, 6) is 0. The summed E-state index contributed by atoms with van der Waals surface area (Å²) >= 11 is 0. The van der Waals surface area contributed by atoms with Gasteiger partial charge in [0.05, 0.1) is 23.6 Å². The molecule has 0 amide bonds. The fourth-order valence-corrected chi connectivity index (χ4v) is 3.21. The topological polar surface area (TPSA) is 90.3 Å². The van der Waals surface area contributed by atoms with Crippen molar-refractivity contribution in [3.05, 3.63) is 95.3 Å². The number of hydrogen-bond donors (Lipinski definition) is 4. The zero-order valence-corrected chi connectivity index (χ0v) is 17.4. The van der Waals surface area contributed by atoms with Crippen molar-refractivity contribution in [2.45, 2.75) is 51.2 Å². The first-order valence-corrected chi connectivity index (χ1v) is 10.3. The van der Waals surface area contributed by atoms with E-state index in [1.807, 2.05) is 86.6 Å². The summed E-state index contributed by atoms with van der Waals surface area (Å²) in [6, 6.07) is 22.8. The molecule has 0 aliphatic heterocycles. The van der Waals surface area contributed by atoms with E-state index in [0.717, 1.165) is 22.5 Å². The lowest BCUT2D eigenvalue weighted by Gasteiger charge is -2.21. The summed E-state index contributed by atoms with van der Waals surface area (Å²) in [5, 5.41) is 36.0. The number of aliphatic hydroxyl groups excluding tert-OH is 2. The summed E-state index contributed by atoms with van der Waals surface area (Å²) in [4.78, 5) is 0. The Labute approximate surface area is 178 Å². The molecule has 3 aromatic rings. The van der Waals surface area contributed by atoms with E-state index in [4.69, 9.17) is 0 Å². The highest BCUT2D eigenvalue weighted by atomic mass is 16.3. The minimum Gasteiger partial charge on any atom is -0.387 e. The smallest absolute Gasteiger partial charge is 0.0940 e. The van der Waals surface area contributed by atoms with Gasteiger partial charge in [-0.3, -0.25) is 0 Å². The Bertz CT molecular complexity index is 800. The molecule has 6 heteroatoms. The number of hydrogen-bond acceptors (Lipinski definition) is 6. The molecule has 4 atom stereocenters. The third-order valence-corrected chi connectivity index (χ3v) is 5.21. The van der Waals surface area contributed by atoms with E-state index in [9.17, 15) is 10.2 Å². The maximum atomic E-state index is 10.4. The number of nitrogens with one attached hydrogen (secondary N) is 2. The monoisotopic (exact) mass is 406 g/mol. The van der Waals surface area contributed by atoms with Crippen molar-refractivity contribution in [3.8, 4) is 0 Å². The van der Waals surface area contributed by atoms with Gasteiger partial charge in [0.15, 0.2) is 0 Å². The molecule has 6 nitrogen and oxygen atoms in total. The molecular weight excluding hydrogens is 376 g/mol. The van der Waals surface area contributed by atoms with Gasteiger partial charge in [-0.25, -0.2) is 0 Å². The van der Waals surface area contributed by atoms with Crippen LogP contribution in [0, 0.1) is 0 Å². The Balaban J connectivity index is 1.45. The van der Waals surface area contributed by atoms with Crippen LogP contribution < -0.4 is 10.6 Å². The van der Waals surface area contributed by atoms with Gasteiger partial charge in [0.2, 0.25) is 0 Å². The number of nitrogens with zero attached hydrogens (tertiary/aromatic N) is 2. The molecule has 30 heavy (non-hydrogen) atoms. The van der Waals surface area contributed by atoms with E-state index < -0.39 is 12.2 Å². The lowest BCUT2D eigenvalue weighted by Crippen LogP contribution is -2.32. The molecule has 158 valence electrons. The van der Waals surface area contributed by atoms with Crippen LogP contribution in [0.15, 0.2) is 72.8 Å². The molecule has 1 heterocycles. The van der Waals surface area contributed by atoms with Crippen molar-refractivity contribution in [2.24, 2.45) is 0 Å². The highest BCUT2D eigenvalue weighted by Gasteiger charge is 2.17. The van der Waals surface area contributed by atoms with Crippen molar-refractivity contribution < 1.29 is 10.2 Å². The van der Waals surface area contributed by atoms with Crippen LogP contribution in [0.3, 0.4) is 0 Å². The third kappa shape index (κ3) is 6.18. The predicted octanol–water partition coefficient (Wildman–Crippen LogP) is 2.90. The third-order valence-electron chi connectivity index (χ3n) is 5.21. The summed E-state index contributed by atoms with van der Waals surface area (Å²) < 4.78 is 0. The van der Waals surface area contributed by atoms with Gasteiger partial charge < -0.3 is 20.8 Å². The summed E-state index contributed by atoms with van der Waals surface area (Å²) in [6.45, 7) is 4.94. The van der Waals surface area contributed by atoms with E-state index >= 15 is 0 Å². The van der Waals surface area contributed by atoms with Gasteiger partial charge in [0.25, 0.3) is 0 Å². The van der Waals surface area contributed by atoms with Crippen LogP contribution in [-0.4, -0.2) is 32.5 Å². The number of rotatable bonds is 10. The molecule has 0 aliphatic carbocycles.